The van der Waals surface area contributed by atoms with Crippen LogP contribution in [0.25, 0.3) is 0 Å². The minimum Gasteiger partial charge on any atom is -0.330 e. The zero-order valence-electron chi connectivity index (χ0n) is 10.1. The summed E-state index contributed by atoms with van der Waals surface area (Å²) in [5.74, 6) is 0.0562. The molecule has 92 valence electrons. The molecule has 18 heavy (non-hydrogen) atoms. The Kier molecular flexibility index (Phi) is 2.23. The van der Waals surface area contributed by atoms with Crippen LogP contribution in [-0.4, -0.2) is 36.1 Å². The maximum Gasteiger partial charge on any atom is 0.261 e. The molecule has 5 heteroatoms. The molecule has 2 aliphatic heterocycles. The summed E-state index contributed by atoms with van der Waals surface area (Å²) in [4.78, 5) is 26.7. The van der Waals surface area contributed by atoms with Crippen LogP contribution in [0.5, 0.6) is 0 Å². The summed E-state index contributed by atoms with van der Waals surface area (Å²) in [6.45, 7) is 0.801. The topological polar surface area (TPSA) is 64.5 Å². The number of nitrogens with one attached hydrogen (secondary N) is 1. The molecule has 0 aromatic heterocycles. The zero-order valence-corrected chi connectivity index (χ0v) is 10.1. The highest BCUT2D eigenvalue weighted by Crippen LogP contribution is 2.28. The van der Waals surface area contributed by atoms with Crippen molar-refractivity contribution >= 4 is 23.3 Å². The van der Waals surface area contributed by atoms with Crippen LogP contribution in [0.1, 0.15) is 33.6 Å². The molecule has 0 unspecified atom stereocenters. The predicted molar refractivity (Wildman–Crippen MR) is 67.2 cm³/mol. The van der Waals surface area contributed by atoms with Crippen molar-refractivity contribution in [1.82, 2.24) is 4.90 Å². The molecular formula is C13H13N3O2. The van der Waals surface area contributed by atoms with E-state index in [4.69, 9.17) is 5.41 Å². The highest BCUT2D eigenvalue weighted by atomic mass is 16.2. The number of carbonyl (C=O) groups is 2. The lowest BCUT2D eigenvalue weighted by Gasteiger charge is -2.18. The Morgan fingerprint density at radius 1 is 1.17 bits per heavy atom. The van der Waals surface area contributed by atoms with Gasteiger partial charge < -0.3 is 4.90 Å². The first-order valence-electron chi connectivity index (χ1n) is 5.91. The number of anilines is 1. The second-order valence-electron chi connectivity index (χ2n) is 4.60. The van der Waals surface area contributed by atoms with E-state index >= 15 is 0 Å². The van der Waals surface area contributed by atoms with Gasteiger partial charge in [-0.05, 0) is 24.6 Å². The van der Waals surface area contributed by atoms with Crippen LogP contribution in [0, 0.1) is 5.41 Å². The van der Waals surface area contributed by atoms with Gasteiger partial charge in [-0.1, -0.05) is 0 Å². The maximum atomic E-state index is 11.9. The third-order valence-corrected chi connectivity index (χ3v) is 3.51. The smallest absolute Gasteiger partial charge is 0.261 e. The number of fused-ring (bicyclic) bond motifs is 1. The quantitative estimate of drug-likeness (QED) is 0.760. The summed E-state index contributed by atoms with van der Waals surface area (Å²) in [5, 5.41) is 7.83. The van der Waals surface area contributed by atoms with Crippen molar-refractivity contribution in [1.29, 1.82) is 5.41 Å². The molecule has 1 N–H and O–H groups in total. The fraction of sp³-hybridized carbons (Fsp3) is 0.308. The van der Waals surface area contributed by atoms with E-state index in [1.807, 2.05) is 11.0 Å². The van der Waals surface area contributed by atoms with Gasteiger partial charge in [-0.15, -0.1) is 0 Å². The summed E-state index contributed by atoms with van der Waals surface area (Å²) in [6.07, 6.45) is 1.73. The third-order valence-electron chi connectivity index (χ3n) is 3.51. The van der Waals surface area contributed by atoms with Crippen molar-refractivity contribution in [2.75, 3.05) is 18.5 Å². The van der Waals surface area contributed by atoms with E-state index in [2.05, 4.69) is 0 Å². The van der Waals surface area contributed by atoms with Gasteiger partial charge in [0.15, 0.2) is 0 Å². The van der Waals surface area contributed by atoms with Crippen molar-refractivity contribution in [2.45, 2.75) is 12.8 Å². The fourth-order valence-electron chi connectivity index (χ4n) is 2.48. The van der Waals surface area contributed by atoms with Crippen LogP contribution >= 0.6 is 0 Å². The Morgan fingerprint density at radius 3 is 2.56 bits per heavy atom. The molecular weight excluding hydrogens is 230 g/mol. The minimum absolute atomic E-state index is 0.252. The normalized spacial score (nSPS) is 18.8. The highest BCUT2D eigenvalue weighted by molar-refractivity contribution is 6.21. The van der Waals surface area contributed by atoms with Gasteiger partial charge in [0.2, 0.25) is 0 Å². The van der Waals surface area contributed by atoms with Crippen LogP contribution in [0.4, 0.5) is 5.69 Å². The number of imide groups is 1. The van der Waals surface area contributed by atoms with Crippen LogP contribution in [-0.2, 0) is 0 Å². The van der Waals surface area contributed by atoms with Crippen LogP contribution in [0.2, 0.25) is 0 Å². The molecule has 0 radical (unpaired) electrons. The number of rotatable bonds is 1. The minimum atomic E-state index is -0.262. The third kappa shape index (κ3) is 1.37. The van der Waals surface area contributed by atoms with Crippen LogP contribution in [0.3, 0.4) is 0 Å². The van der Waals surface area contributed by atoms with E-state index in [-0.39, 0.29) is 11.8 Å². The molecule has 5 nitrogen and oxygen atoms in total. The van der Waals surface area contributed by atoms with Gasteiger partial charge in [-0.25, -0.2) is 0 Å². The number of nitrogens with zero attached hydrogens (tertiary/aromatic N) is 2. The average molecular weight is 243 g/mol. The fourth-order valence-corrected chi connectivity index (χ4v) is 2.48. The van der Waals surface area contributed by atoms with E-state index in [0.717, 1.165) is 30.0 Å². The Balaban J connectivity index is 2.05. The number of benzene rings is 1. The molecule has 0 bridgehead atoms. The monoisotopic (exact) mass is 243 g/mol. The lowest BCUT2D eigenvalue weighted by Crippen LogP contribution is -2.24. The van der Waals surface area contributed by atoms with Gasteiger partial charge >= 0.3 is 0 Å². The van der Waals surface area contributed by atoms with Crippen molar-refractivity contribution in [3.63, 3.8) is 0 Å². The van der Waals surface area contributed by atoms with Gasteiger partial charge in [-0.2, -0.15) is 0 Å². The van der Waals surface area contributed by atoms with Gasteiger partial charge in [0.25, 0.3) is 11.8 Å². The number of carbonyl (C=O) groups excluding carboxylic acids is 2. The second-order valence-corrected chi connectivity index (χ2v) is 4.60. The summed E-state index contributed by atoms with van der Waals surface area (Å²) in [5.41, 5.74) is 1.73. The Bertz CT molecular complexity index is 580. The Morgan fingerprint density at radius 2 is 1.89 bits per heavy atom. The Labute approximate surface area is 105 Å². The number of hydrogen-bond acceptors (Lipinski definition) is 3. The van der Waals surface area contributed by atoms with Gasteiger partial charge in [0.1, 0.15) is 5.84 Å². The van der Waals surface area contributed by atoms with Gasteiger partial charge in [0, 0.05) is 25.7 Å². The van der Waals surface area contributed by atoms with Crippen LogP contribution < -0.4 is 4.90 Å². The molecule has 0 aliphatic carbocycles. The zero-order chi connectivity index (χ0) is 12.9. The summed E-state index contributed by atoms with van der Waals surface area (Å²) in [7, 11) is 1.49. The average Bonchev–Trinajstić information content (AvgIpc) is 2.89. The first kappa shape index (κ1) is 11.0. The largest absolute Gasteiger partial charge is 0.330 e. The molecule has 1 aromatic rings. The van der Waals surface area contributed by atoms with E-state index in [9.17, 15) is 9.59 Å². The number of hydrogen-bond donors (Lipinski definition) is 1. The van der Waals surface area contributed by atoms with E-state index in [1.54, 1.807) is 12.1 Å². The van der Waals surface area contributed by atoms with E-state index < -0.39 is 0 Å². The second kappa shape index (κ2) is 3.66. The van der Waals surface area contributed by atoms with E-state index in [0.29, 0.717) is 17.0 Å². The molecule has 2 heterocycles. The van der Waals surface area contributed by atoms with Crippen molar-refractivity contribution < 1.29 is 9.59 Å². The molecule has 3 rings (SSSR count). The van der Waals surface area contributed by atoms with Gasteiger partial charge in [0.05, 0.1) is 11.1 Å². The first-order valence-corrected chi connectivity index (χ1v) is 5.91. The molecule has 2 aliphatic rings. The summed E-state index contributed by atoms with van der Waals surface area (Å²) >= 11 is 0. The summed E-state index contributed by atoms with van der Waals surface area (Å²) < 4.78 is 0. The van der Waals surface area contributed by atoms with Crippen molar-refractivity contribution in [2.24, 2.45) is 0 Å². The summed E-state index contributed by atoms with van der Waals surface area (Å²) in [6, 6.07) is 5.21. The molecule has 0 saturated carbocycles. The highest BCUT2D eigenvalue weighted by Gasteiger charge is 2.33. The molecule has 1 saturated heterocycles. The van der Waals surface area contributed by atoms with Gasteiger partial charge in [-0.3, -0.25) is 19.9 Å². The molecule has 0 spiro atoms. The number of amides is 2. The molecule has 1 fully saturated rings. The maximum absolute atomic E-state index is 11.9. The molecule has 0 atom stereocenters. The standard InChI is InChI=1S/C13H13N3O2/c1-15-12(17)9-5-4-8(7-10(9)13(15)18)16-6-2-3-11(16)14/h4-5,7,14H,2-3,6H2,1H3. The number of amidine groups is 1. The Hall–Kier alpha value is -2.17. The predicted octanol–water partition coefficient (Wildman–Crippen LogP) is 1.49. The first-order chi connectivity index (χ1) is 8.59. The lowest BCUT2D eigenvalue weighted by atomic mass is 10.1. The molecule has 2 amide bonds. The SMILES string of the molecule is CN1C(=O)c2ccc(N3CCCC3=N)cc2C1=O. The van der Waals surface area contributed by atoms with E-state index in [1.165, 1.54) is 7.05 Å². The molecule has 1 aromatic carbocycles. The van der Waals surface area contributed by atoms with Crippen molar-refractivity contribution in [3.05, 3.63) is 29.3 Å². The van der Waals surface area contributed by atoms with Crippen LogP contribution in [0.15, 0.2) is 18.2 Å². The van der Waals surface area contributed by atoms with Crippen molar-refractivity contribution in [3.8, 4) is 0 Å². The lowest BCUT2D eigenvalue weighted by molar-refractivity contribution is 0.0693.